The minimum atomic E-state index is 0.474. The maximum Gasteiger partial charge on any atom is 0.185 e. The van der Waals surface area contributed by atoms with Gasteiger partial charge >= 0.3 is 0 Å². The highest BCUT2D eigenvalue weighted by Crippen LogP contribution is 2.24. The minimum Gasteiger partial charge on any atom is -0.497 e. The number of halogens is 2. The predicted molar refractivity (Wildman–Crippen MR) is 95.7 cm³/mol. The Balaban J connectivity index is 1.78. The molecule has 2 aromatic carbocycles. The first-order chi connectivity index (χ1) is 10.6. The molecule has 2 rings (SSSR count). The van der Waals surface area contributed by atoms with Crippen LogP contribution in [0.1, 0.15) is 5.56 Å². The monoisotopic (exact) mass is 355 g/mol. The second-order valence-corrected chi connectivity index (χ2v) is 5.63. The Kier molecular flexibility index (Phi) is 6.12. The average molecular weight is 356 g/mol. The first kappa shape index (κ1) is 16.7. The Morgan fingerprint density at radius 1 is 1.09 bits per heavy atom. The van der Waals surface area contributed by atoms with Crippen molar-refractivity contribution in [2.75, 3.05) is 12.5 Å². The summed E-state index contributed by atoms with van der Waals surface area (Å²) in [6.07, 6.45) is 0. The van der Waals surface area contributed by atoms with E-state index in [1.807, 2.05) is 24.3 Å². The van der Waals surface area contributed by atoms with E-state index in [-0.39, 0.29) is 0 Å². The van der Waals surface area contributed by atoms with Crippen LogP contribution in [0.5, 0.6) is 5.75 Å². The van der Waals surface area contributed by atoms with Gasteiger partial charge in [0.05, 0.1) is 22.8 Å². The van der Waals surface area contributed by atoms with Gasteiger partial charge < -0.3 is 10.1 Å². The molecular formula is C15H15Cl2N3OS. The third-order valence-corrected chi connectivity index (χ3v) is 3.84. The lowest BCUT2D eigenvalue weighted by Crippen LogP contribution is -2.38. The molecule has 0 spiro atoms. The van der Waals surface area contributed by atoms with Gasteiger partial charge in [-0.1, -0.05) is 35.3 Å². The SMILES string of the molecule is COc1ccc(CNC(=S)NNc2ccc(Cl)c(Cl)c2)cc1. The minimum absolute atomic E-state index is 0.474. The number of nitrogens with one attached hydrogen (secondary N) is 3. The van der Waals surface area contributed by atoms with Crippen molar-refractivity contribution >= 4 is 46.2 Å². The summed E-state index contributed by atoms with van der Waals surface area (Å²) in [6, 6.07) is 13.0. The second-order valence-electron chi connectivity index (χ2n) is 4.41. The molecule has 22 heavy (non-hydrogen) atoms. The highest BCUT2D eigenvalue weighted by Gasteiger charge is 2.00. The first-order valence-electron chi connectivity index (χ1n) is 6.46. The van der Waals surface area contributed by atoms with Gasteiger partial charge in [0, 0.05) is 6.54 Å². The van der Waals surface area contributed by atoms with E-state index in [2.05, 4.69) is 16.2 Å². The molecule has 0 atom stereocenters. The van der Waals surface area contributed by atoms with Crippen molar-refractivity contribution in [3.8, 4) is 5.75 Å². The molecule has 0 saturated carbocycles. The van der Waals surface area contributed by atoms with Crippen LogP contribution in [-0.4, -0.2) is 12.2 Å². The molecular weight excluding hydrogens is 341 g/mol. The molecule has 0 amide bonds. The summed E-state index contributed by atoms with van der Waals surface area (Å²) in [6.45, 7) is 0.610. The number of hydrogen-bond donors (Lipinski definition) is 3. The zero-order valence-corrected chi connectivity index (χ0v) is 14.1. The van der Waals surface area contributed by atoms with Gasteiger partial charge in [-0.3, -0.25) is 10.9 Å². The lowest BCUT2D eigenvalue weighted by molar-refractivity contribution is 0.414. The lowest BCUT2D eigenvalue weighted by atomic mass is 10.2. The van der Waals surface area contributed by atoms with Crippen LogP contribution in [0.15, 0.2) is 42.5 Å². The summed E-state index contributed by atoms with van der Waals surface area (Å²) in [5.41, 5.74) is 7.70. The number of anilines is 1. The molecule has 0 heterocycles. The molecule has 2 aromatic rings. The fourth-order valence-corrected chi connectivity index (χ4v) is 2.09. The van der Waals surface area contributed by atoms with Crippen molar-refractivity contribution in [1.29, 1.82) is 0 Å². The van der Waals surface area contributed by atoms with E-state index < -0.39 is 0 Å². The molecule has 0 saturated heterocycles. The zero-order chi connectivity index (χ0) is 15.9. The van der Waals surface area contributed by atoms with Crippen LogP contribution < -0.4 is 20.9 Å². The van der Waals surface area contributed by atoms with E-state index in [1.165, 1.54) is 0 Å². The van der Waals surface area contributed by atoms with Gasteiger partial charge in [-0.25, -0.2) is 0 Å². The predicted octanol–water partition coefficient (Wildman–Crippen LogP) is 3.99. The molecule has 0 aliphatic rings. The fraction of sp³-hybridized carbons (Fsp3) is 0.133. The smallest absolute Gasteiger partial charge is 0.185 e. The van der Waals surface area contributed by atoms with Crippen molar-refractivity contribution in [3.05, 3.63) is 58.1 Å². The van der Waals surface area contributed by atoms with Crippen LogP contribution in [0.3, 0.4) is 0 Å². The van der Waals surface area contributed by atoms with E-state index in [0.29, 0.717) is 21.7 Å². The Hall–Kier alpha value is -1.69. The Bertz CT molecular complexity index is 650. The van der Waals surface area contributed by atoms with E-state index >= 15 is 0 Å². The normalized spacial score (nSPS) is 9.95. The number of hydrazine groups is 1. The number of thiocarbonyl (C=S) groups is 1. The highest BCUT2D eigenvalue weighted by molar-refractivity contribution is 7.80. The molecule has 7 heteroatoms. The molecule has 0 unspecified atom stereocenters. The van der Waals surface area contributed by atoms with Gasteiger partial charge in [0.15, 0.2) is 5.11 Å². The third kappa shape index (κ3) is 4.94. The number of benzene rings is 2. The number of hydrogen-bond acceptors (Lipinski definition) is 3. The molecule has 116 valence electrons. The molecule has 0 radical (unpaired) electrons. The number of ether oxygens (including phenoxy) is 1. The molecule has 0 bridgehead atoms. The van der Waals surface area contributed by atoms with Crippen molar-refractivity contribution in [2.24, 2.45) is 0 Å². The van der Waals surface area contributed by atoms with Gasteiger partial charge in [0.2, 0.25) is 0 Å². The van der Waals surface area contributed by atoms with E-state index in [1.54, 1.807) is 25.3 Å². The summed E-state index contributed by atoms with van der Waals surface area (Å²) in [5.74, 6) is 0.825. The van der Waals surface area contributed by atoms with Gasteiger partial charge in [0.1, 0.15) is 5.75 Å². The van der Waals surface area contributed by atoms with Crippen LogP contribution in [0.2, 0.25) is 10.0 Å². The molecule has 0 fully saturated rings. The molecule has 0 aliphatic carbocycles. The molecule has 0 aliphatic heterocycles. The summed E-state index contributed by atoms with van der Waals surface area (Å²) in [5, 5.41) is 4.55. The number of rotatable bonds is 5. The molecule has 4 nitrogen and oxygen atoms in total. The van der Waals surface area contributed by atoms with Crippen molar-refractivity contribution in [1.82, 2.24) is 10.7 Å². The standard InChI is InChI=1S/C15H15Cl2N3OS/c1-21-12-5-2-10(3-6-12)9-18-15(22)20-19-11-4-7-13(16)14(17)8-11/h2-8,19H,9H2,1H3,(H2,18,20,22). The zero-order valence-electron chi connectivity index (χ0n) is 11.8. The van der Waals surface area contributed by atoms with Crippen LogP contribution in [0.25, 0.3) is 0 Å². The Morgan fingerprint density at radius 2 is 1.82 bits per heavy atom. The van der Waals surface area contributed by atoms with Gasteiger partial charge in [-0.15, -0.1) is 0 Å². The van der Waals surface area contributed by atoms with Crippen LogP contribution in [0, 0.1) is 0 Å². The number of methoxy groups -OCH3 is 1. The van der Waals surface area contributed by atoms with Crippen molar-refractivity contribution in [2.45, 2.75) is 6.54 Å². The maximum atomic E-state index is 5.94. The summed E-state index contributed by atoms with van der Waals surface area (Å²) >= 11 is 17.0. The fourth-order valence-electron chi connectivity index (χ4n) is 1.67. The summed E-state index contributed by atoms with van der Waals surface area (Å²) in [7, 11) is 1.64. The van der Waals surface area contributed by atoms with E-state index in [0.717, 1.165) is 17.0 Å². The van der Waals surface area contributed by atoms with Gasteiger partial charge in [0.25, 0.3) is 0 Å². The third-order valence-electron chi connectivity index (χ3n) is 2.85. The largest absolute Gasteiger partial charge is 0.497 e. The average Bonchev–Trinajstić information content (AvgIpc) is 2.54. The van der Waals surface area contributed by atoms with Crippen LogP contribution >= 0.6 is 35.4 Å². The van der Waals surface area contributed by atoms with E-state index in [4.69, 9.17) is 40.2 Å². The molecule has 0 aromatic heterocycles. The second kappa shape index (κ2) is 8.08. The van der Waals surface area contributed by atoms with Crippen molar-refractivity contribution < 1.29 is 4.74 Å². The van der Waals surface area contributed by atoms with Crippen molar-refractivity contribution in [3.63, 3.8) is 0 Å². The lowest BCUT2D eigenvalue weighted by Gasteiger charge is -2.13. The quantitative estimate of drug-likeness (QED) is 0.559. The Labute approximate surface area is 144 Å². The Morgan fingerprint density at radius 3 is 2.45 bits per heavy atom. The van der Waals surface area contributed by atoms with Crippen LogP contribution in [-0.2, 0) is 6.54 Å². The highest BCUT2D eigenvalue weighted by atomic mass is 35.5. The van der Waals surface area contributed by atoms with E-state index in [9.17, 15) is 0 Å². The molecule has 3 N–H and O–H groups in total. The van der Waals surface area contributed by atoms with Crippen LogP contribution in [0.4, 0.5) is 5.69 Å². The topological polar surface area (TPSA) is 45.3 Å². The van der Waals surface area contributed by atoms with Gasteiger partial charge in [-0.2, -0.15) is 0 Å². The summed E-state index contributed by atoms with van der Waals surface area (Å²) < 4.78 is 5.11. The maximum absolute atomic E-state index is 5.94. The summed E-state index contributed by atoms with van der Waals surface area (Å²) in [4.78, 5) is 0. The van der Waals surface area contributed by atoms with Gasteiger partial charge in [-0.05, 0) is 48.1 Å². The first-order valence-corrected chi connectivity index (χ1v) is 7.63.